The van der Waals surface area contributed by atoms with Gasteiger partial charge >= 0.3 is 0 Å². The van der Waals surface area contributed by atoms with Crippen LogP contribution in [0.4, 0.5) is 0 Å². The fourth-order valence-corrected chi connectivity index (χ4v) is 2.00. The second-order valence-electron chi connectivity index (χ2n) is 3.48. The topological polar surface area (TPSA) is 25.8 Å². The molecular formula is C10H12N2S. The van der Waals surface area contributed by atoms with Gasteiger partial charge in [0.05, 0.1) is 5.01 Å². The number of hydrogen-bond donors (Lipinski definition) is 0. The Kier molecular flexibility index (Phi) is 2.04. The Morgan fingerprint density at radius 2 is 2.15 bits per heavy atom. The van der Waals surface area contributed by atoms with Crippen molar-refractivity contribution >= 4 is 21.7 Å². The van der Waals surface area contributed by atoms with Gasteiger partial charge in [-0.15, -0.1) is 0 Å². The van der Waals surface area contributed by atoms with E-state index in [-0.39, 0.29) is 0 Å². The fourth-order valence-electron chi connectivity index (χ4n) is 1.26. The first-order chi connectivity index (χ1) is 6.16. The summed E-state index contributed by atoms with van der Waals surface area (Å²) in [5.41, 5.74) is 2.30. The third-order valence-corrected chi connectivity index (χ3v) is 2.94. The number of rotatable bonds is 1. The average Bonchev–Trinajstić information content (AvgIpc) is 2.42. The molecule has 0 atom stereocenters. The van der Waals surface area contributed by atoms with Crippen LogP contribution in [0, 0.1) is 6.92 Å². The van der Waals surface area contributed by atoms with Gasteiger partial charge in [0.2, 0.25) is 0 Å². The van der Waals surface area contributed by atoms with Crippen LogP contribution in [0.3, 0.4) is 0 Å². The van der Waals surface area contributed by atoms with Gasteiger partial charge in [-0.1, -0.05) is 25.2 Å². The number of nitrogens with zero attached hydrogens (tertiary/aromatic N) is 2. The van der Waals surface area contributed by atoms with Crippen molar-refractivity contribution in [2.45, 2.75) is 26.7 Å². The Morgan fingerprint density at radius 3 is 2.85 bits per heavy atom. The normalized spacial score (nSPS) is 11.4. The Balaban J connectivity index is 2.61. The van der Waals surface area contributed by atoms with Crippen LogP contribution in [0.25, 0.3) is 10.3 Å². The largest absolute Gasteiger partial charge is 0.243 e. The first-order valence-corrected chi connectivity index (χ1v) is 5.21. The second kappa shape index (κ2) is 3.07. The molecule has 0 amide bonds. The molecule has 68 valence electrons. The van der Waals surface area contributed by atoms with Crippen LogP contribution in [0.5, 0.6) is 0 Å². The van der Waals surface area contributed by atoms with Gasteiger partial charge in [-0.2, -0.15) is 0 Å². The zero-order valence-electron chi connectivity index (χ0n) is 8.03. The van der Waals surface area contributed by atoms with Gasteiger partial charge in [-0.25, -0.2) is 9.97 Å². The van der Waals surface area contributed by atoms with Crippen LogP contribution in [-0.4, -0.2) is 9.97 Å². The Labute approximate surface area is 81.7 Å². The Morgan fingerprint density at radius 1 is 1.38 bits per heavy atom. The predicted octanol–water partition coefficient (Wildman–Crippen LogP) is 3.12. The maximum Gasteiger partial charge on any atom is 0.143 e. The molecule has 2 aromatic rings. The zero-order valence-corrected chi connectivity index (χ0v) is 8.85. The van der Waals surface area contributed by atoms with Crippen LogP contribution < -0.4 is 0 Å². The molecule has 2 rings (SSSR count). The van der Waals surface area contributed by atoms with Crippen LogP contribution in [0.1, 0.15) is 30.3 Å². The summed E-state index contributed by atoms with van der Waals surface area (Å²) in [7, 11) is 0. The molecule has 0 spiro atoms. The fraction of sp³-hybridized carbons (Fsp3) is 0.400. The Hall–Kier alpha value is -0.960. The molecule has 0 bridgehead atoms. The minimum Gasteiger partial charge on any atom is -0.243 e. The number of fused-ring (bicyclic) bond motifs is 1. The van der Waals surface area contributed by atoms with Crippen LogP contribution in [0.2, 0.25) is 0 Å². The number of pyridine rings is 1. The van der Waals surface area contributed by atoms with Crippen molar-refractivity contribution < 1.29 is 0 Å². The summed E-state index contributed by atoms with van der Waals surface area (Å²) >= 11 is 1.65. The van der Waals surface area contributed by atoms with E-state index in [1.807, 2.05) is 13.1 Å². The molecule has 13 heavy (non-hydrogen) atoms. The Bertz CT molecular complexity index is 431. The van der Waals surface area contributed by atoms with Gasteiger partial charge in [0.1, 0.15) is 10.3 Å². The lowest BCUT2D eigenvalue weighted by Crippen LogP contribution is -1.88. The minimum atomic E-state index is 0.527. The first-order valence-electron chi connectivity index (χ1n) is 4.40. The summed E-state index contributed by atoms with van der Waals surface area (Å²) in [6.07, 6.45) is 1.95. The molecule has 0 aliphatic heterocycles. The van der Waals surface area contributed by atoms with Gasteiger partial charge < -0.3 is 0 Å². The third-order valence-electron chi connectivity index (χ3n) is 2.04. The van der Waals surface area contributed by atoms with E-state index in [1.165, 1.54) is 5.56 Å². The van der Waals surface area contributed by atoms with Crippen LogP contribution in [-0.2, 0) is 0 Å². The number of hydrogen-bond acceptors (Lipinski definition) is 3. The summed E-state index contributed by atoms with van der Waals surface area (Å²) in [5.74, 6) is 0.527. The predicted molar refractivity (Wildman–Crippen MR) is 56.2 cm³/mol. The molecule has 0 aliphatic rings. The van der Waals surface area contributed by atoms with Gasteiger partial charge in [-0.05, 0) is 24.5 Å². The van der Waals surface area contributed by atoms with E-state index >= 15 is 0 Å². The monoisotopic (exact) mass is 192 g/mol. The lowest BCUT2D eigenvalue weighted by molar-refractivity contribution is 0.862. The first kappa shape index (κ1) is 8.63. The van der Waals surface area contributed by atoms with Gasteiger partial charge in [-0.3, -0.25) is 0 Å². The summed E-state index contributed by atoms with van der Waals surface area (Å²) in [4.78, 5) is 9.83. The quantitative estimate of drug-likeness (QED) is 0.693. The zero-order chi connectivity index (χ0) is 9.42. The average molecular weight is 192 g/mol. The van der Waals surface area contributed by atoms with Gasteiger partial charge in [0.25, 0.3) is 0 Å². The molecule has 0 saturated heterocycles. The molecule has 0 N–H and O–H groups in total. The lowest BCUT2D eigenvalue weighted by Gasteiger charge is -2.02. The number of thiazole rings is 1. The van der Waals surface area contributed by atoms with Gasteiger partial charge in [0.15, 0.2) is 0 Å². The molecule has 2 aromatic heterocycles. The highest BCUT2D eigenvalue weighted by molar-refractivity contribution is 7.18. The van der Waals surface area contributed by atoms with E-state index < -0.39 is 0 Å². The maximum atomic E-state index is 4.41. The van der Waals surface area contributed by atoms with Crippen molar-refractivity contribution in [2.24, 2.45) is 0 Å². The summed E-state index contributed by atoms with van der Waals surface area (Å²) in [6, 6.07) is 2.14. The van der Waals surface area contributed by atoms with E-state index in [0.717, 1.165) is 15.4 Å². The molecule has 0 aromatic carbocycles. The summed E-state index contributed by atoms with van der Waals surface area (Å²) in [6.45, 7) is 6.35. The SMILES string of the molecule is Cc1nc2cc(C(C)C)cnc2s1. The van der Waals surface area contributed by atoms with Gasteiger partial charge in [0, 0.05) is 6.20 Å². The molecule has 3 heteroatoms. The number of aryl methyl sites for hydroxylation is 1. The second-order valence-corrected chi connectivity index (χ2v) is 4.66. The molecule has 0 fully saturated rings. The van der Waals surface area contributed by atoms with Crippen molar-refractivity contribution in [1.82, 2.24) is 9.97 Å². The van der Waals surface area contributed by atoms with E-state index in [2.05, 4.69) is 29.9 Å². The smallest absolute Gasteiger partial charge is 0.143 e. The van der Waals surface area contributed by atoms with E-state index in [9.17, 15) is 0 Å². The molecule has 0 unspecified atom stereocenters. The van der Waals surface area contributed by atoms with E-state index in [1.54, 1.807) is 11.3 Å². The van der Waals surface area contributed by atoms with Crippen molar-refractivity contribution in [3.8, 4) is 0 Å². The summed E-state index contributed by atoms with van der Waals surface area (Å²) < 4.78 is 0. The minimum absolute atomic E-state index is 0.527. The lowest BCUT2D eigenvalue weighted by atomic mass is 10.1. The van der Waals surface area contributed by atoms with Crippen molar-refractivity contribution in [1.29, 1.82) is 0 Å². The van der Waals surface area contributed by atoms with Crippen molar-refractivity contribution in [2.75, 3.05) is 0 Å². The summed E-state index contributed by atoms with van der Waals surface area (Å²) in [5, 5.41) is 1.09. The van der Waals surface area contributed by atoms with Crippen LogP contribution in [0.15, 0.2) is 12.3 Å². The van der Waals surface area contributed by atoms with Crippen molar-refractivity contribution in [3.05, 3.63) is 22.8 Å². The third kappa shape index (κ3) is 1.56. The highest BCUT2D eigenvalue weighted by atomic mass is 32.1. The van der Waals surface area contributed by atoms with E-state index in [0.29, 0.717) is 5.92 Å². The van der Waals surface area contributed by atoms with E-state index in [4.69, 9.17) is 0 Å². The van der Waals surface area contributed by atoms with Crippen molar-refractivity contribution in [3.63, 3.8) is 0 Å². The highest BCUT2D eigenvalue weighted by Crippen LogP contribution is 2.22. The molecule has 0 saturated carbocycles. The molecule has 0 radical (unpaired) electrons. The molecule has 0 aliphatic carbocycles. The maximum absolute atomic E-state index is 4.41. The standard InChI is InChI=1S/C10H12N2S/c1-6(2)8-4-9-10(11-5-8)13-7(3)12-9/h4-6H,1-3H3. The highest BCUT2D eigenvalue weighted by Gasteiger charge is 2.04. The molecular weight excluding hydrogens is 180 g/mol. The number of aromatic nitrogens is 2. The molecule has 2 heterocycles. The van der Waals surface area contributed by atoms with Crippen LogP contribution >= 0.6 is 11.3 Å². The molecule has 2 nitrogen and oxygen atoms in total.